The third kappa shape index (κ3) is 5.04. The molecule has 0 aliphatic heterocycles. The van der Waals surface area contributed by atoms with Crippen molar-refractivity contribution in [2.24, 2.45) is 23.7 Å². The molecule has 0 heterocycles. The third-order valence-electron chi connectivity index (χ3n) is 4.40. The van der Waals surface area contributed by atoms with Gasteiger partial charge in [-0.25, -0.2) is 0 Å². The standard InChI is InChI=1S/C15H30/c1-12(2)15-10-8-13(3)6-5-7-14(4)9-11-15/h12-15H,5-11H2,1-4H3/t13-,14-/m1/s1. The lowest BCUT2D eigenvalue weighted by Crippen LogP contribution is -2.14. The minimum absolute atomic E-state index is 0.892. The van der Waals surface area contributed by atoms with Gasteiger partial charge in [-0.15, -0.1) is 0 Å². The first-order chi connectivity index (χ1) is 7.09. The number of hydrogen-bond donors (Lipinski definition) is 0. The van der Waals surface area contributed by atoms with E-state index in [0.29, 0.717) is 0 Å². The summed E-state index contributed by atoms with van der Waals surface area (Å²) in [4.78, 5) is 0. The average Bonchev–Trinajstić information content (AvgIpc) is 2.16. The Morgan fingerprint density at radius 3 is 1.60 bits per heavy atom. The van der Waals surface area contributed by atoms with Crippen molar-refractivity contribution < 1.29 is 0 Å². The zero-order valence-electron chi connectivity index (χ0n) is 11.3. The number of hydrogen-bond acceptors (Lipinski definition) is 0. The SMILES string of the molecule is CC(C)C1CC[C@H](C)CCC[C@@H](C)CC1. The van der Waals surface area contributed by atoms with Crippen LogP contribution in [0.3, 0.4) is 0 Å². The van der Waals surface area contributed by atoms with E-state index in [9.17, 15) is 0 Å². The van der Waals surface area contributed by atoms with Crippen molar-refractivity contribution in [1.29, 1.82) is 0 Å². The van der Waals surface area contributed by atoms with Crippen LogP contribution in [0, 0.1) is 23.7 Å². The molecule has 0 N–H and O–H groups in total. The quantitative estimate of drug-likeness (QED) is 0.552. The van der Waals surface area contributed by atoms with Crippen molar-refractivity contribution in [3.63, 3.8) is 0 Å². The molecule has 0 heteroatoms. The van der Waals surface area contributed by atoms with Crippen molar-refractivity contribution in [2.75, 3.05) is 0 Å². The van der Waals surface area contributed by atoms with Gasteiger partial charge in [-0.1, -0.05) is 59.8 Å². The van der Waals surface area contributed by atoms with Gasteiger partial charge in [0.25, 0.3) is 0 Å². The fraction of sp³-hybridized carbons (Fsp3) is 1.00. The van der Waals surface area contributed by atoms with Gasteiger partial charge in [0.15, 0.2) is 0 Å². The second-order valence-corrected chi connectivity index (χ2v) is 6.30. The third-order valence-corrected chi connectivity index (χ3v) is 4.40. The van der Waals surface area contributed by atoms with Crippen LogP contribution in [-0.4, -0.2) is 0 Å². The highest BCUT2D eigenvalue weighted by Gasteiger charge is 2.17. The summed E-state index contributed by atoms with van der Waals surface area (Å²) >= 11 is 0. The topological polar surface area (TPSA) is 0 Å². The van der Waals surface area contributed by atoms with Crippen LogP contribution in [0.5, 0.6) is 0 Å². The molecule has 1 saturated carbocycles. The molecular formula is C15H30. The monoisotopic (exact) mass is 210 g/mol. The van der Waals surface area contributed by atoms with Gasteiger partial charge in [0.1, 0.15) is 0 Å². The fourth-order valence-corrected chi connectivity index (χ4v) is 2.91. The molecule has 0 saturated heterocycles. The molecule has 90 valence electrons. The lowest BCUT2D eigenvalue weighted by Gasteiger charge is -2.26. The molecule has 1 aliphatic carbocycles. The van der Waals surface area contributed by atoms with Crippen LogP contribution in [0.25, 0.3) is 0 Å². The first-order valence-corrected chi connectivity index (χ1v) is 7.09. The van der Waals surface area contributed by atoms with E-state index in [1.54, 1.807) is 0 Å². The van der Waals surface area contributed by atoms with Crippen LogP contribution in [0.4, 0.5) is 0 Å². The largest absolute Gasteiger partial charge is 0.0625 e. The predicted octanol–water partition coefficient (Wildman–Crippen LogP) is 5.28. The Kier molecular flexibility index (Phi) is 5.71. The highest BCUT2D eigenvalue weighted by Crippen LogP contribution is 2.30. The lowest BCUT2D eigenvalue weighted by atomic mass is 9.80. The molecule has 0 aromatic carbocycles. The van der Waals surface area contributed by atoms with Crippen molar-refractivity contribution in [2.45, 2.75) is 72.6 Å². The Bertz CT molecular complexity index is 145. The van der Waals surface area contributed by atoms with Crippen LogP contribution in [0.1, 0.15) is 72.6 Å². The smallest absolute Gasteiger partial charge is 0.0391 e. The summed E-state index contributed by atoms with van der Waals surface area (Å²) in [6.45, 7) is 9.71. The van der Waals surface area contributed by atoms with Crippen LogP contribution in [0.15, 0.2) is 0 Å². The van der Waals surface area contributed by atoms with Crippen LogP contribution in [-0.2, 0) is 0 Å². The Morgan fingerprint density at radius 1 is 0.733 bits per heavy atom. The molecule has 0 unspecified atom stereocenters. The van der Waals surface area contributed by atoms with Crippen LogP contribution >= 0.6 is 0 Å². The maximum Gasteiger partial charge on any atom is -0.0391 e. The summed E-state index contributed by atoms with van der Waals surface area (Å²) in [6, 6.07) is 0. The molecule has 0 aromatic rings. The molecule has 0 radical (unpaired) electrons. The number of rotatable bonds is 1. The van der Waals surface area contributed by atoms with Gasteiger partial charge in [-0.3, -0.25) is 0 Å². The van der Waals surface area contributed by atoms with Crippen LogP contribution < -0.4 is 0 Å². The van der Waals surface area contributed by atoms with Gasteiger partial charge in [0.2, 0.25) is 0 Å². The van der Waals surface area contributed by atoms with Crippen molar-refractivity contribution >= 4 is 0 Å². The summed E-state index contributed by atoms with van der Waals surface area (Å²) in [5, 5.41) is 0. The molecule has 0 bridgehead atoms. The van der Waals surface area contributed by atoms with E-state index in [4.69, 9.17) is 0 Å². The van der Waals surface area contributed by atoms with E-state index < -0.39 is 0 Å². The maximum atomic E-state index is 2.45. The molecule has 15 heavy (non-hydrogen) atoms. The van der Waals surface area contributed by atoms with Gasteiger partial charge in [-0.2, -0.15) is 0 Å². The molecule has 0 aromatic heterocycles. The van der Waals surface area contributed by atoms with E-state index in [1.807, 2.05) is 0 Å². The molecule has 0 amide bonds. The molecule has 1 fully saturated rings. The Balaban J connectivity index is 2.45. The van der Waals surface area contributed by atoms with Crippen molar-refractivity contribution in [3.05, 3.63) is 0 Å². The zero-order chi connectivity index (χ0) is 11.3. The predicted molar refractivity (Wildman–Crippen MR) is 69.0 cm³/mol. The second-order valence-electron chi connectivity index (χ2n) is 6.30. The second kappa shape index (κ2) is 6.55. The van der Waals surface area contributed by atoms with E-state index in [1.165, 1.54) is 44.9 Å². The molecular weight excluding hydrogens is 180 g/mol. The summed E-state index contributed by atoms with van der Waals surface area (Å²) < 4.78 is 0. The van der Waals surface area contributed by atoms with Gasteiger partial charge in [0, 0.05) is 0 Å². The molecule has 1 aliphatic rings. The Labute approximate surface area is 96.8 Å². The van der Waals surface area contributed by atoms with Crippen LogP contribution in [0.2, 0.25) is 0 Å². The molecule has 1 rings (SSSR count). The van der Waals surface area contributed by atoms with Gasteiger partial charge in [0.05, 0.1) is 0 Å². The first kappa shape index (κ1) is 13.1. The van der Waals surface area contributed by atoms with E-state index >= 15 is 0 Å². The van der Waals surface area contributed by atoms with Crippen molar-refractivity contribution in [3.8, 4) is 0 Å². The summed E-state index contributed by atoms with van der Waals surface area (Å²) in [5.41, 5.74) is 0. The highest BCUT2D eigenvalue weighted by molar-refractivity contribution is 4.69. The maximum absolute atomic E-state index is 2.45. The fourth-order valence-electron chi connectivity index (χ4n) is 2.91. The molecule has 0 spiro atoms. The highest BCUT2D eigenvalue weighted by atomic mass is 14.2. The zero-order valence-corrected chi connectivity index (χ0v) is 11.3. The Morgan fingerprint density at radius 2 is 1.20 bits per heavy atom. The van der Waals surface area contributed by atoms with Gasteiger partial charge in [-0.05, 0) is 36.5 Å². The lowest BCUT2D eigenvalue weighted by molar-refractivity contribution is 0.260. The molecule has 2 atom stereocenters. The summed E-state index contributed by atoms with van der Waals surface area (Å²) in [5.74, 6) is 3.82. The van der Waals surface area contributed by atoms with Crippen molar-refractivity contribution in [1.82, 2.24) is 0 Å². The average molecular weight is 210 g/mol. The summed E-state index contributed by atoms with van der Waals surface area (Å²) in [6.07, 6.45) is 10.3. The molecule has 0 nitrogen and oxygen atoms in total. The minimum Gasteiger partial charge on any atom is -0.0625 e. The van der Waals surface area contributed by atoms with E-state index in [-0.39, 0.29) is 0 Å². The van der Waals surface area contributed by atoms with Gasteiger partial charge >= 0.3 is 0 Å². The minimum atomic E-state index is 0.892. The van der Waals surface area contributed by atoms with E-state index in [0.717, 1.165) is 23.7 Å². The normalized spacial score (nSPS) is 31.8. The van der Waals surface area contributed by atoms with Gasteiger partial charge < -0.3 is 0 Å². The van der Waals surface area contributed by atoms with E-state index in [2.05, 4.69) is 27.7 Å². The summed E-state index contributed by atoms with van der Waals surface area (Å²) in [7, 11) is 0. The first-order valence-electron chi connectivity index (χ1n) is 7.09. The Hall–Kier alpha value is 0.